The number of anilines is 1. The van der Waals surface area contributed by atoms with Crippen LogP contribution in [0.2, 0.25) is 0 Å². The zero-order chi connectivity index (χ0) is 23.9. The summed E-state index contributed by atoms with van der Waals surface area (Å²) in [4.78, 5) is 56.8. The number of carbonyl (C=O) groups is 1. The second-order valence-electron chi connectivity index (χ2n) is 7.35. The van der Waals surface area contributed by atoms with Gasteiger partial charge in [0.25, 0.3) is 11.5 Å². The number of carbonyl (C=O) groups excluding carboxylic acids is 1. The van der Waals surface area contributed by atoms with E-state index >= 15 is 0 Å². The zero-order valence-electron chi connectivity index (χ0n) is 18.9. The van der Waals surface area contributed by atoms with E-state index in [1.165, 1.54) is 0 Å². The van der Waals surface area contributed by atoms with Crippen molar-refractivity contribution in [2.75, 3.05) is 11.9 Å². The van der Waals surface area contributed by atoms with Gasteiger partial charge in [-0.1, -0.05) is 17.7 Å². The molecular formula is C18H18N5Na2O9P. The van der Waals surface area contributed by atoms with Crippen LogP contribution in [-0.2, 0) is 13.8 Å². The first kappa shape index (κ1) is 30.3. The number of aliphatic hydroxyl groups is 2. The van der Waals surface area contributed by atoms with Gasteiger partial charge in [-0.05, 0) is 19.1 Å². The number of amides is 1. The quantitative estimate of drug-likeness (QED) is 0.175. The summed E-state index contributed by atoms with van der Waals surface area (Å²) in [5.74, 6) is -0.732. The van der Waals surface area contributed by atoms with Crippen LogP contribution in [0.5, 0.6) is 0 Å². The van der Waals surface area contributed by atoms with Gasteiger partial charge in [-0.3, -0.25) is 24.5 Å². The number of nitrogens with one attached hydrogen (secondary N) is 2. The Hall–Kier alpha value is -0.970. The number of aliphatic hydroxyl groups excluding tert-OH is 2. The molecule has 0 spiro atoms. The Morgan fingerprint density at radius 3 is 2.69 bits per heavy atom. The maximum atomic E-state index is 12.5. The van der Waals surface area contributed by atoms with Crippen molar-refractivity contribution in [3.05, 3.63) is 52.1 Å². The number of aromatic amines is 1. The molecule has 1 aliphatic heterocycles. The van der Waals surface area contributed by atoms with Gasteiger partial charge in [0.2, 0.25) is 5.95 Å². The average Bonchev–Trinajstić information content (AvgIpc) is 3.28. The maximum absolute atomic E-state index is 12.5. The van der Waals surface area contributed by atoms with Crippen molar-refractivity contribution < 1.29 is 97.7 Å². The Labute approximate surface area is 241 Å². The summed E-state index contributed by atoms with van der Waals surface area (Å²) >= 11 is 0. The number of nitrogens with zero attached hydrogens (tertiary/aromatic N) is 3. The second kappa shape index (κ2) is 12.0. The van der Waals surface area contributed by atoms with Crippen LogP contribution in [0.25, 0.3) is 11.2 Å². The molecule has 14 nitrogen and oxygen atoms in total. The van der Waals surface area contributed by atoms with Crippen molar-refractivity contribution in [1.82, 2.24) is 19.5 Å². The normalized spacial score (nSPS) is 21.9. The van der Waals surface area contributed by atoms with Crippen molar-refractivity contribution in [2.24, 2.45) is 0 Å². The number of aromatic nitrogens is 4. The molecular weight excluding hydrogens is 507 g/mol. The summed E-state index contributed by atoms with van der Waals surface area (Å²) in [7, 11) is -5.33. The number of hydrogen-bond acceptors (Lipinski definition) is 11. The van der Waals surface area contributed by atoms with Crippen LogP contribution in [0.15, 0.2) is 35.4 Å². The van der Waals surface area contributed by atoms with Crippen LogP contribution in [-0.4, -0.2) is 60.6 Å². The van der Waals surface area contributed by atoms with Crippen LogP contribution >= 0.6 is 7.82 Å². The molecule has 0 aliphatic carbocycles. The van der Waals surface area contributed by atoms with E-state index in [9.17, 15) is 34.2 Å². The van der Waals surface area contributed by atoms with Gasteiger partial charge in [-0.15, -0.1) is 0 Å². The molecule has 3 heterocycles. The molecule has 176 valence electrons. The molecule has 1 aromatic carbocycles. The zero-order valence-corrected chi connectivity index (χ0v) is 23.8. The van der Waals surface area contributed by atoms with E-state index in [2.05, 4.69) is 24.8 Å². The van der Waals surface area contributed by atoms with Crippen LogP contribution < -0.4 is 79.8 Å². The summed E-state index contributed by atoms with van der Waals surface area (Å²) in [6.45, 7) is 0.992. The fourth-order valence-corrected chi connectivity index (χ4v) is 3.73. The summed E-state index contributed by atoms with van der Waals surface area (Å²) < 4.78 is 21.4. The predicted octanol–water partition coefficient (Wildman–Crippen LogP) is -7.85. The molecule has 4 rings (SSSR count). The Kier molecular flexibility index (Phi) is 10.4. The van der Waals surface area contributed by atoms with E-state index < -0.39 is 50.4 Å². The molecule has 35 heavy (non-hydrogen) atoms. The molecule has 4 atom stereocenters. The Morgan fingerprint density at radius 1 is 1.31 bits per heavy atom. The molecule has 1 aliphatic rings. The summed E-state index contributed by atoms with van der Waals surface area (Å²) in [5, 5.41) is 23.0. The van der Waals surface area contributed by atoms with Gasteiger partial charge < -0.3 is 33.8 Å². The Morgan fingerprint density at radius 2 is 2.03 bits per heavy atom. The van der Waals surface area contributed by atoms with Gasteiger partial charge in [0.1, 0.15) is 18.3 Å². The molecule has 0 bridgehead atoms. The number of ether oxygens (including phenoxy) is 1. The van der Waals surface area contributed by atoms with Crippen LogP contribution in [0.1, 0.15) is 22.1 Å². The third kappa shape index (κ3) is 6.87. The van der Waals surface area contributed by atoms with E-state index in [0.29, 0.717) is 5.56 Å². The SMILES string of the molecule is Cc1cccc(C(=O)Nc2nc3c(ncn3[C@@H]3O[C@H](COP(=O)([O-])[O-])[C@@H](O)[C@H]3O)c(=O)[nH]2)c1.[Na+].[Na+]. The van der Waals surface area contributed by atoms with Gasteiger partial charge in [-0.25, -0.2) is 4.98 Å². The van der Waals surface area contributed by atoms with Crippen molar-refractivity contribution in [2.45, 2.75) is 31.5 Å². The van der Waals surface area contributed by atoms with E-state index in [0.717, 1.165) is 16.5 Å². The Balaban J connectivity index is 0.00000216. The molecule has 1 fully saturated rings. The standard InChI is InChI=1S/C18H20N5O9P.2Na/c1-8-3-2-4-9(5-8)15(26)21-18-20-14-11(16(27)22-18)19-7-23(14)17-13(25)12(24)10(32-17)6-31-33(28,29)30;;/h2-5,7,10,12-13,17,24-25H,6H2,1H3,(H2,28,29,30)(H2,20,21,22,26,27);;/q;2*+1/p-2/t10-,12-,13-,17-;;/m1../s1. The van der Waals surface area contributed by atoms with Crippen molar-refractivity contribution >= 4 is 30.8 Å². The Bertz CT molecular complexity index is 1310. The number of aryl methyl sites for hydroxylation is 1. The number of rotatable bonds is 6. The minimum atomic E-state index is -5.33. The molecule has 3 aromatic rings. The van der Waals surface area contributed by atoms with Gasteiger partial charge in [0.05, 0.1) is 20.8 Å². The third-order valence-electron chi connectivity index (χ3n) is 4.95. The second-order valence-corrected chi connectivity index (χ2v) is 8.50. The first-order valence-corrected chi connectivity index (χ1v) is 11.0. The van der Waals surface area contributed by atoms with Crippen LogP contribution in [0.4, 0.5) is 5.95 Å². The van der Waals surface area contributed by atoms with Gasteiger partial charge in [-0.2, -0.15) is 4.98 Å². The fourth-order valence-electron chi connectivity index (χ4n) is 3.40. The predicted molar refractivity (Wildman–Crippen MR) is 107 cm³/mol. The van der Waals surface area contributed by atoms with Crippen molar-refractivity contribution in [3.8, 4) is 0 Å². The van der Waals surface area contributed by atoms with Crippen LogP contribution in [0.3, 0.4) is 0 Å². The van der Waals surface area contributed by atoms with E-state index in [4.69, 9.17) is 4.74 Å². The fraction of sp³-hybridized carbons (Fsp3) is 0.333. The first-order chi connectivity index (χ1) is 15.5. The number of phosphoric acid groups is 1. The molecule has 1 amide bonds. The number of phosphoric ester groups is 1. The third-order valence-corrected chi connectivity index (χ3v) is 5.42. The van der Waals surface area contributed by atoms with E-state index in [-0.39, 0.29) is 76.2 Å². The molecule has 4 N–H and O–H groups in total. The topological polar surface area (TPSA) is 215 Å². The number of benzene rings is 1. The van der Waals surface area contributed by atoms with Gasteiger partial charge >= 0.3 is 59.1 Å². The minimum Gasteiger partial charge on any atom is -0.790 e. The maximum Gasteiger partial charge on any atom is 1.00 e. The molecule has 1 saturated heterocycles. The average molecular weight is 525 g/mol. The van der Waals surface area contributed by atoms with E-state index in [1.807, 2.05) is 13.0 Å². The minimum absolute atomic E-state index is 0. The summed E-state index contributed by atoms with van der Waals surface area (Å²) in [5.41, 5.74) is 0.268. The summed E-state index contributed by atoms with van der Waals surface area (Å²) in [6, 6.07) is 6.74. The van der Waals surface area contributed by atoms with Crippen LogP contribution in [0, 0.1) is 6.92 Å². The number of hydrogen-bond donors (Lipinski definition) is 4. The first-order valence-electron chi connectivity index (χ1n) is 9.56. The van der Waals surface area contributed by atoms with E-state index in [1.54, 1.807) is 18.2 Å². The molecule has 0 radical (unpaired) electrons. The molecule has 0 saturated carbocycles. The van der Waals surface area contributed by atoms with Gasteiger partial charge in [0.15, 0.2) is 17.4 Å². The number of H-pyrrole nitrogens is 1. The number of fused-ring (bicyclic) bond motifs is 1. The monoisotopic (exact) mass is 525 g/mol. The molecule has 17 heteroatoms. The molecule has 2 aromatic heterocycles. The van der Waals surface area contributed by atoms with Crippen molar-refractivity contribution in [1.29, 1.82) is 0 Å². The number of imidazole rings is 1. The largest absolute Gasteiger partial charge is 1.00 e. The summed E-state index contributed by atoms with van der Waals surface area (Å²) in [6.07, 6.45) is -4.79. The molecule has 0 unspecified atom stereocenters. The van der Waals surface area contributed by atoms with Crippen molar-refractivity contribution in [3.63, 3.8) is 0 Å². The van der Waals surface area contributed by atoms with Gasteiger partial charge in [0, 0.05) is 5.56 Å². The smallest absolute Gasteiger partial charge is 0.790 e.